The molecule has 2 fully saturated rings. The van der Waals surface area contributed by atoms with Crippen molar-refractivity contribution in [3.05, 3.63) is 64.3 Å². The van der Waals surface area contributed by atoms with E-state index >= 15 is 0 Å². The lowest BCUT2D eigenvalue weighted by Crippen LogP contribution is -2.46. The zero-order chi connectivity index (χ0) is 26.8. The molecule has 0 amide bonds. The molecule has 2 aliphatic heterocycles. The summed E-state index contributed by atoms with van der Waals surface area (Å²) in [5.74, 6) is -0.0757. The van der Waals surface area contributed by atoms with Crippen molar-refractivity contribution in [2.24, 2.45) is 5.92 Å². The second-order valence-corrected chi connectivity index (χ2v) is 10.7. The number of methoxy groups -OCH3 is 1. The third-order valence-electron chi connectivity index (χ3n) is 7.47. The second-order valence-electron chi connectivity index (χ2n) is 10.7. The number of hydrogen-bond donors (Lipinski definition) is 0. The maximum Gasteiger partial charge on any atom is 0.351 e. The molecule has 5 rings (SSSR count). The molecule has 0 saturated carbocycles. The van der Waals surface area contributed by atoms with Gasteiger partial charge < -0.3 is 9.47 Å². The molecule has 0 spiro atoms. The van der Waals surface area contributed by atoms with Gasteiger partial charge in [-0.15, -0.1) is 5.10 Å². The van der Waals surface area contributed by atoms with Crippen molar-refractivity contribution in [1.29, 1.82) is 0 Å². The van der Waals surface area contributed by atoms with Gasteiger partial charge in [-0.1, -0.05) is 26.0 Å². The summed E-state index contributed by atoms with van der Waals surface area (Å²) < 4.78 is 27.6. The highest BCUT2D eigenvalue weighted by Gasteiger charge is 2.36. The first-order chi connectivity index (χ1) is 18.3. The van der Waals surface area contributed by atoms with Crippen molar-refractivity contribution in [2.75, 3.05) is 26.9 Å². The molecule has 2 atom stereocenters. The Hall–Kier alpha value is -3.30. The van der Waals surface area contributed by atoms with Crippen molar-refractivity contribution in [3.63, 3.8) is 0 Å². The molecule has 1 aromatic heterocycles. The van der Waals surface area contributed by atoms with Gasteiger partial charge in [0.15, 0.2) is 23.2 Å². The Labute approximate surface area is 222 Å². The molecule has 2 unspecified atom stereocenters. The van der Waals surface area contributed by atoms with Crippen LogP contribution in [0, 0.1) is 11.7 Å². The van der Waals surface area contributed by atoms with Crippen molar-refractivity contribution in [3.8, 4) is 22.8 Å². The van der Waals surface area contributed by atoms with E-state index in [2.05, 4.69) is 10.00 Å². The fourth-order valence-electron chi connectivity index (χ4n) is 5.56. The first kappa shape index (κ1) is 26.3. The lowest BCUT2D eigenvalue weighted by atomic mass is 10.1. The number of benzene rings is 2. The molecule has 38 heavy (non-hydrogen) atoms. The van der Waals surface area contributed by atoms with Gasteiger partial charge in [0, 0.05) is 30.6 Å². The number of morpholine rings is 1. The Bertz CT molecular complexity index is 1330. The van der Waals surface area contributed by atoms with E-state index in [1.165, 1.54) is 53.0 Å². The van der Waals surface area contributed by atoms with Crippen LogP contribution < -0.4 is 10.4 Å². The highest BCUT2D eigenvalue weighted by Crippen LogP contribution is 2.29. The smallest absolute Gasteiger partial charge is 0.351 e. The van der Waals surface area contributed by atoms with Crippen molar-refractivity contribution < 1.29 is 18.7 Å². The predicted molar refractivity (Wildman–Crippen MR) is 142 cm³/mol. The number of carbonyl (C=O) groups is 1. The molecule has 202 valence electrons. The largest absolute Gasteiger partial charge is 0.494 e. The average Bonchev–Trinajstić information content (AvgIpc) is 3.32. The number of hydrogen-bond acceptors (Lipinski definition) is 6. The van der Waals surface area contributed by atoms with Crippen molar-refractivity contribution >= 4 is 5.78 Å². The molecule has 3 aromatic rings. The number of carbonyl (C=O) groups excluding carboxylic acids is 1. The van der Waals surface area contributed by atoms with E-state index < -0.39 is 11.5 Å². The summed E-state index contributed by atoms with van der Waals surface area (Å²) in [6.07, 6.45) is 3.68. The number of aromatic nitrogens is 3. The van der Waals surface area contributed by atoms with Crippen LogP contribution in [0.15, 0.2) is 47.3 Å². The van der Waals surface area contributed by atoms with E-state index in [0.29, 0.717) is 29.8 Å². The van der Waals surface area contributed by atoms with Crippen LogP contribution in [-0.2, 0) is 22.5 Å². The molecule has 0 radical (unpaired) electrons. The highest BCUT2D eigenvalue weighted by molar-refractivity contribution is 5.79. The third-order valence-corrected chi connectivity index (χ3v) is 7.47. The van der Waals surface area contributed by atoms with Gasteiger partial charge in [-0.3, -0.25) is 14.3 Å². The summed E-state index contributed by atoms with van der Waals surface area (Å²) in [5.41, 5.74) is 1.87. The Kier molecular flexibility index (Phi) is 7.76. The van der Waals surface area contributed by atoms with Crippen LogP contribution in [0.1, 0.15) is 38.7 Å². The Morgan fingerprint density at radius 2 is 1.84 bits per heavy atom. The lowest BCUT2D eigenvalue weighted by molar-refractivity contribution is -0.120. The third kappa shape index (κ3) is 5.44. The molecule has 2 saturated heterocycles. The minimum Gasteiger partial charge on any atom is -0.494 e. The van der Waals surface area contributed by atoms with Gasteiger partial charge in [-0.25, -0.2) is 9.18 Å². The normalized spacial score (nSPS) is 19.3. The number of nitrogens with zero attached hydrogens (tertiary/aromatic N) is 4. The van der Waals surface area contributed by atoms with Crippen LogP contribution >= 0.6 is 0 Å². The van der Waals surface area contributed by atoms with E-state index in [1.807, 2.05) is 38.1 Å². The minimum atomic E-state index is -0.513. The van der Waals surface area contributed by atoms with E-state index in [9.17, 15) is 14.0 Å². The van der Waals surface area contributed by atoms with Gasteiger partial charge in [-0.2, -0.15) is 4.68 Å². The van der Waals surface area contributed by atoms with Gasteiger partial charge >= 0.3 is 5.69 Å². The van der Waals surface area contributed by atoms with Crippen molar-refractivity contribution in [1.82, 2.24) is 19.2 Å². The van der Waals surface area contributed by atoms with E-state index in [0.717, 1.165) is 26.2 Å². The zero-order valence-corrected chi connectivity index (χ0v) is 22.2. The summed E-state index contributed by atoms with van der Waals surface area (Å²) in [5, 5.41) is 4.58. The van der Waals surface area contributed by atoms with Crippen molar-refractivity contribution in [2.45, 2.75) is 58.2 Å². The van der Waals surface area contributed by atoms with Gasteiger partial charge in [0.2, 0.25) is 0 Å². The van der Waals surface area contributed by atoms with Gasteiger partial charge in [0.1, 0.15) is 0 Å². The topological polar surface area (TPSA) is 78.6 Å². The summed E-state index contributed by atoms with van der Waals surface area (Å²) >= 11 is 0. The van der Waals surface area contributed by atoms with E-state index in [-0.39, 0.29) is 29.8 Å². The maximum absolute atomic E-state index is 14.1. The summed E-state index contributed by atoms with van der Waals surface area (Å²) in [6, 6.07) is 13.2. The van der Waals surface area contributed by atoms with Gasteiger partial charge in [0.25, 0.3) is 0 Å². The van der Waals surface area contributed by atoms with Gasteiger partial charge in [-0.05, 0) is 61.1 Å². The summed E-state index contributed by atoms with van der Waals surface area (Å²) in [4.78, 5) is 28.7. The second kappa shape index (κ2) is 11.2. The number of ether oxygens (including phenoxy) is 2. The Morgan fingerprint density at radius 3 is 2.50 bits per heavy atom. The molecule has 2 aromatic carbocycles. The predicted octanol–water partition coefficient (Wildman–Crippen LogP) is 3.87. The molecule has 0 aliphatic carbocycles. The zero-order valence-electron chi connectivity index (χ0n) is 22.2. The molecule has 3 heterocycles. The Balaban J connectivity index is 1.41. The molecular weight excluding hydrogens is 487 g/mol. The van der Waals surface area contributed by atoms with Crippen LogP contribution in [0.25, 0.3) is 17.1 Å². The SMILES string of the molecule is COc1cc(-c2nn(-c3ccc(CCN4C5CCC4COC5)cc3)c(=O)n2CC(=O)CC(C)C)ccc1F. The van der Waals surface area contributed by atoms with Crippen LogP contribution in [0.4, 0.5) is 4.39 Å². The van der Waals surface area contributed by atoms with Gasteiger partial charge in [0.05, 0.1) is 32.6 Å². The Morgan fingerprint density at radius 1 is 1.13 bits per heavy atom. The molecule has 8 nitrogen and oxygen atoms in total. The van der Waals surface area contributed by atoms with E-state index in [4.69, 9.17) is 9.47 Å². The molecule has 0 N–H and O–H groups in total. The quantitative estimate of drug-likeness (QED) is 0.402. The molecule has 9 heteroatoms. The monoisotopic (exact) mass is 522 g/mol. The summed E-state index contributed by atoms with van der Waals surface area (Å²) in [7, 11) is 1.38. The fraction of sp³-hybridized carbons (Fsp3) is 0.483. The highest BCUT2D eigenvalue weighted by atomic mass is 19.1. The first-order valence-corrected chi connectivity index (χ1v) is 13.3. The van der Waals surface area contributed by atoms with Crippen LogP contribution in [-0.4, -0.2) is 64.0 Å². The fourth-order valence-corrected chi connectivity index (χ4v) is 5.56. The van der Waals surface area contributed by atoms with Crippen LogP contribution in [0.3, 0.4) is 0 Å². The number of rotatable bonds is 10. The van der Waals surface area contributed by atoms with Crippen LogP contribution in [0.5, 0.6) is 5.75 Å². The number of fused-ring (bicyclic) bond motifs is 2. The molecular formula is C29H35FN4O4. The number of halogens is 1. The lowest BCUT2D eigenvalue weighted by Gasteiger charge is -2.34. The van der Waals surface area contributed by atoms with E-state index in [1.54, 1.807) is 0 Å². The minimum absolute atomic E-state index is 0.0441. The average molecular weight is 523 g/mol. The first-order valence-electron chi connectivity index (χ1n) is 13.3. The number of Topliss-reactive ketones (excluding diaryl/α,β-unsaturated/α-hetero) is 1. The molecule has 2 aliphatic rings. The van der Waals surface area contributed by atoms with Crippen LogP contribution in [0.2, 0.25) is 0 Å². The maximum atomic E-state index is 14.1. The number of ketones is 1. The molecule has 2 bridgehead atoms. The summed E-state index contributed by atoms with van der Waals surface area (Å²) in [6.45, 7) is 6.45. The standard InChI is InChI=1S/C29H35FN4O4/c1-19(2)14-25(35)16-33-28(21-6-11-26(30)27(15-21)37-3)31-34(29(33)36)22-7-4-20(5-8-22)12-13-32-23-9-10-24(32)18-38-17-23/h4-8,11,15,19,23-24H,9-10,12-14,16-18H2,1-3H3.